The summed E-state index contributed by atoms with van der Waals surface area (Å²) in [5.41, 5.74) is 1.47. The average molecular weight is 422 g/mol. The molecule has 0 saturated heterocycles. The van der Waals surface area contributed by atoms with Crippen LogP contribution in [-0.4, -0.2) is 20.5 Å². The van der Waals surface area contributed by atoms with Gasteiger partial charge >= 0.3 is 0 Å². The van der Waals surface area contributed by atoms with E-state index in [1.54, 1.807) is 60.8 Å². The first kappa shape index (κ1) is 19.8. The fraction of sp³-hybridized carbons (Fsp3) is 0.0870. The van der Waals surface area contributed by atoms with Gasteiger partial charge in [0, 0.05) is 17.1 Å². The fourth-order valence-corrected chi connectivity index (χ4v) is 4.75. The van der Waals surface area contributed by atoms with E-state index in [-0.39, 0.29) is 11.4 Å². The number of halogens is 1. The van der Waals surface area contributed by atoms with Gasteiger partial charge in [-0.15, -0.1) is 0 Å². The zero-order chi connectivity index (χ0) is 21.1. The zero-order valence-corrected chi connectivity index (χ0v) is 17.0. The van der Waals surface area contributed by atoms with Crippen molar-refractivity contribution < 1.29 is 17.5 Å². The number of pyridine rings is 1. The lowest BCUT2D eigenvalue weighted by Crippen LogP contribution is -2.30. The largest absolute Gasteiger partial charge is 0.497 e. The molecule has 152 valence electrons. The van der Waals surface area contributed by atoms with Crippen molar-refractivity contribution in [2.45, 2.75) is 11.4 Å². The number of fused-ring (bicyclic) bond motifs is 1. The lowest BCUT2D eigenvalue weighted by molar-refractivity contribution is 0.415. The summed E-state index contributed by atoms with van der Waals surface area (Å²) in [6.07, 6.45) is 1.60. The van der Waals surface area contributed by atoms with E-state index in [2.05, 4.69) is 4.98 Å². The Morgan fingerprint density at radius 3 is 2.40 bits per heavy atom. The van der Waals surface area contributed by atoms with Gasteiger partial charge in [0.2, 0.25) is 0 Å². The lowest BCUT2D eigenvalue weighted by Gasteiger charge is -2.25. The molecule has 4 aromatic rings. The fourth-order valence-electron chi connectivity index (χ4n) is 3.29. The molecule has 7 heteroatoms. The molecule has 0 aliphatic carbocycles. The van der Waals surface area contributed by atoms with Crippen LogP contribution in [0.3, 0.4) is 0 Å². The Labute approximate surface area is 174 Å². The van der Waals surface area contributed by atoms with Gasteiger partial charge in [-0.05, 0) is 54.6 Å². The third-order valence-electron chi connectivity index (χ3n) is 4.75. The molecular weight excluding hydrogens is 403 g/mol. The van der Waals surface area contributed by atoms with Gasteiger partial charge in [0.25, 0.3) is 10.0 Å². The maximum atomic E-state index is 14.3. The third-order valence-corrected chi connectivity index (χ3v) is 6.54. The first-order chi connectivity index (χ1) is 14.5. The Hall–Kier alpha value is -3.45. The van der Waals surface area contributed by atoms with Crippen molar-refractivity contribution in [2.24, 2.45) is 0 Å². The lowest BCUT2D eigenvalue weighted by atomic mass is 10.1. The van der Waals surface area contributed by atoms with Crippen LogP contribution >= 0.6 is 0 Å². The molecule has 5 nitrogen and oxygen atoms in total. The summed E-state index contributed by atoms with van der Waals surface area (Å²) in [6.45, 7) is -0.0746. The molecule has 30 heavy (non-hydrogen) atoms. The maximum absolute atomic E-state index is 14.3. The highest BCUT2D eigenvalue weighted by atomic mass is 32.2. The highest BCUT2D eigenvalue weighted by Gasteiger charge is 2.26. The van der Waals surface area contributed by atoms with Crippen molar-refractivity contribution >= 4 is 26.6 Å². The Kier molecular flexibility index (Phi) is 5.37. The van der Waals surface area contributed by atoms with Crippen molar-refractivity contribution in [3.63, 3.8) is 0 Å². The summed E-state index contributed by atoms with van der Waals surface area (Å²) >= 11 is 0. The molecular formula is C23H19FN2O3S. The normalized spacial score (nSPS) is 11.4. The molecule has 0 N–H and O–H groups in total. The molecule has 0 atom stereocenters. The number of ether oxygens (including phenoxy) is 1. The second-order valence-electron chi connectivity index (χ2n) is 6.66. The van der Waals surface area contributed by atoms with E-state index in [4.69, 9.17) is 4.74 Å². The quantitative estimate of drug-likeness (QED) is 0.449. The van der Waals surface area contributed by atoms with E-state index in [1.165, 1.54) is 35.7 Å². The van der Waals surface area contributed by atoms with Crippen molar-refractivity contribution in [3.05, 3.63) is 96.4 Å². The minimum Gasteiger partial charge on any atom is -0.497 e. The molecule has 0 saturated carbocycles. The monoisotopic (exact) mass is 422 g/mol. The predicted octanol–water partition coefficient (Wildman–Crippen LogP) is 4.78. The van der Waals surface area contributed by atoms with E-state index in [1.807, 2.05) is 0 Å². The molecule has 0 aliphatic heterocycles. The minimum atomic E-state index is -3.91. The van der Waals surface area contributed by atoms with Crippen LogP contribution in [0.2, 0.25) is 0 Å². The number of hydrogen-bond acceptors (Lipinski definition) is 4. The number of aromatic nitrogens is 1. The summed E-state index contributed by atoms with van der Waals surface area (Å²) in [6, 6.07) is 21.0. The molecule has 0 spiro atoms. The summed E-state index contributed by atoms with van der Waals surface area (Å²) in [7, 11) is -2.37. The number of methoxy groups -OCH3 is 1. The van der Waals surface area contributed by atoms with Gasteiger partial charge in [0.1, 0.15) is 11.6 Å². The Balaban J connectivity index is 1.86. The van der Waals surface area contributed by atoms with Crippen LogP contribution in [0.25, 0.3) is 10.9 Å². The molecule has 0 fully saturated rings. The van der Waals surface area contributed by atoms with Crippen LogP contribution in [0.15, 0.2) is 90.0 Å². The van der Waals surface area contributed by atoms with E-state index in [9.17, 15) is 12.8 Å². The third kappa shape index (κ3) is 3.84. The van der Waals surface area contributed by atoms with Crippen LogP contribution < -0.4 is 9.04 Å². The summed E-state index contributed by atoms with van der Waals surface area (Å²) in [5, 5.41) is 0.610. The smallest absolute Gasteiger partial charge is 0.264 e. The van der Waals surface area contributed by atoms with Crippen LogP contribution in [0, 0.1) is 5.82 Å². The molecule has 0 amide bonds. The standard InChI is InChI=1S/C23H19FN2O3S/c1-29-21-11-9-20(10-12-21)26(30(27,28)22-7-3-2-4-8-22)16-18-15-19(24)14-17-6-5-13-25-23(17)18/h2-15H,16H2,1H3. The molecule has 0 bridgehead atoms. The summed E-state index contributed by atoms with van der Waals surface area (Å²) in [5.74, 6) is 0.158. The second-order valence-corrected chi connectivity index (χ2v) is 8.53. The topological polar surface area (TPSA) is 59.5 Å². The highest BCUT2D eigenvalue weighted by Crippen LogP contribution is 2.29. The van der Waals surface area contributed by atoms with Gasteiger partial charge in [-0.1, -0.05) is 24.3 Å². The average Bonchev–Trinajstić information content (AvgIpc) is 2.78. The molecule has 0 unspecified atom stereocenters. The Morgan fingerprint density at radius 1 is 0.967 bits per heavy atom. The van der Waals surface area contributed by atoms with Gasteiger partial charge in [0.15, 0.2) is 0 Å². The number of benzene rings is 3. The summed E-state index contributed by atoms with van der Waals surface area (Å²) in [4.78, 5) is 4.49. The number of anilines is 1. The molecule has 4 rings (SSSR count). The first-order valence-corrected chi connectivity index (χ1v) is 10.7. The molecule has 1 aromatic heterocycles. The van der Waals surface area contributed by atoms with E-state index in [0.717, 1.165) is 0 Å². The van der Waals surface area contributed by atoms with Gasteiger partial charge in [0.05, 0.1) is 29.8 Å². The molecule has 0 radical (unpaired) electrons. The van der Waals surface area contributed by atoms with E-state index in [0.29, 0.717) is 27.9 Å². The van der Waals surface area contributed by atoms with Gasteiger partial charge in [-0.2, -0.15) is 0 Å². The zero-order valence-electron chi connectivity index (χ0n) is 16.2. The van der Waals surface area contributed by atoms with Crippen LogP contribution in [0.4, 0.5) is 10.1 Å². The van der Waals surface area contributed by atoms with Gasteiger partial charge < -0.3 is 4.74 Å². The Bertz CT molecular complexity index is 1280. The Morgan fingerprint density at radius 2 is 1.70 bits per heavy atom. The van der Waals surface area contributed by atoms with Gasteiger partial charge in [-0.3, -0.25) is 9.29 Å². The number of rotatable bonds is 6. The van der Waals surface area contributed by atoms with E-state index < -0.39 is 15.8 Å². The van der Waals surface area contributed by atoms with Crippen molar-refractivity contribution in [1.29, 1.82) is 0 Å². The molecule has 0 aliphatic rings. The number of nitrogens with zero attached hydrogens (tertiary/aromatic N) is 2. The minimum absolute atomic E-state index is 0.0746. The predicted molar refractivity (Wildman–Crippen MR) is 115 cm³/mol. The highest BCUT2D eigenvalue weighted by molar-refractivity contribution is 7.92. The SMILES string of the molecule is COc1ccc(N(Cc2cc(F)cc3cccnc23)S(=O)(=O)c2ccccc2)cc1. The molecule has 3 aromatic carbocycles. The van der Waals surface area contributed by atoms with Crippen molar-refractivity contribution in [3.8, 4) is 5.75 Å². The maximum Gasteiger partial charge on any atom is 0.264 e. The summed E-state index contributed by atoms with van der Waals surface area (Å²) < 4.78 is 47.7. The van der Waals surface area contributed by atoms with Crippen molar-refractivity contribution in [1.82, 2.24) is 4.98 Å². The molecule has 1 heterocycles. The van der Waals surface area contributed by atoms with Crippen molar-refractivity contribution in [2.75, 3.05) is 11.4 Å². The van der Waals surface area contributed by atoms with E-state index >= 15 is 0 Å². The van der Waals surface area contributed by atoms with Gasteiger partial charge in [-0.25, -0.2) is 12.8 Å². The second kappa shape index (κ2) is 8.12. The van der Waals surface area contributed by atoms with Crippen LogP contribution in [-0.2, 0) is 16.6 Å². The number of hydrogen-bond donors (Lipinski definition) is 0. The first-order valence-electron chi connectivity index (χ1n) is 9.24. The van der Waals surface area contributed by atoms with Crippen LogP contribution in [0.1, 0.15) is 5.56 Å². The van der Waals surface area contributed by atoms with Crippen LogP contribution in [0.5, 0.6) is 5.75 Å². The number of sulfonamides is 1.